The number of hydrazine groups is 1. The Morgan fingerprint density at radius 1 is 1.32 bits per heavy atom. The van der Waals surface area contributed by atoms with Crippen LogP contribution >= 0.6 is 0 Å². The summed E-state index contributed by atoms with van der Waals surface area (Å²) in [6, 6.07) is 1.42. The molecule has 0 spiro atoms. The zero-order valence-electron chi connectivity index (χ0n) is 11.0. The molecule has 0 saturated heterocycles. The Bertz CT molecular complexity index is 386. The van der Waals surface area contributed by atoms with Crippen molar-refractivity contribution < 1.29 is 13.2 Å². The Labute approximate surface area is 110 Å². The molecule has 0 aliphatic rings. The van der Waals surface area contributed by atoms with Crippen molar-refractivity contribution in [3.05, 3.63) is 11.9 Å². The van der Waals surface area contributed by atoms with E-state index in [0.717, 1.165) is 0 Å². The minimum Gasteiger partial charge on any atom is -0.347 e. The number of nitrogens with one attached hydrogen (secondary N) is 1. The van der Waals surface area contributed by atoms with Gasteiger partial charge < -0.3 is 10.3 Å². The van der Waals surface area contributed by atoms with Crippen LogP contribution in [0.3, 0.4) is 0 Å². The fraction of sp³-hybridized carbons (Fsp3) is 0.636. The van der Waals surface area contributed by atoms with Crippen molar-refractivity contribution in [2.75, 3.05) is 23.4 Å². The number of anilines is 2. The Balaban J connectivity index is 3.06. The minimum atomic E-state index is -4.27. The molecular formula is C11H18F3N5. The number of nitrogens with zero attached hydrogens (tertiary/aromatic N) is 3. The minimum absolute atomic E-state index is 0.235. The zero-order valence-corrected chi connectivity index (χ0v) is 11.0. The Kier molecular flexibility index (Phi) is 5.34. The SMILES string of the molecule is CCCN(CC(F)(F)F)c1cc(NN)nc(CC)n1. The average molecular weight is 277 g/mol. The van der Waals surface area contributed by atoms with Crippen LogP contribution < -0.4 is 16.2 Å². The van der Waals surface area contributed by atoms with Crippen molar-refractivity contribution in [2.24, 2.45) is 5.84 Å². The second-order valence-electron chi connectivity index (χ2n) is 4.06. The number of rotatable bonds is 6. The standard InChI is InChI=1S/C11H18F3N5/c1-3-5-19(7-11(12,13)14)10-6-9(18-15)16-8(4-2)17-10/h6H,3-5,7,15H2,1-2H3,(H,16,17,18). The zero-order chi connectivity index (χ0) is 14.5. The number of nitrogens with two attached hydrogens (primary N) is 1. The van der Waals surface area contributed by atoms with Crippen molar-refractivity contribution in [3.63, 3.8) is 0 Å². The smallest absolute Gasteiger partial charge is 0.347 e. The summed E-state index contributed by atoms with van der Waals surface area (Å²) in [5.74, 6) is 6.26. The molecule has 0 aliphatic heterocycles. The Morgan fingerprint density at radius 2 is 2.00 bits per heavy atom. The molecule has 3 N–H and O–H groups in total. The number of aryl methyl sites for hydroxylation is 1. The predicted molar refractivity (Wildman–Crippen MR) is 67.8 cm³/mol. The van der Waals surface area contributed by atoms with Gasteiger partial charge in [0.1, 0.15) is 24.0 Å². The first kappa shape index (κ1) is 15.5. The van der Waals surface area contributed by atoms with Gasteiger partial charge in [-0.2, -0.15) is 13.2 Å². The van der Waals surface area contributed by atoms with Gasteiger partial charge in [0.15, 0.2) is 0 Å². The molecule has 1 heterocycles. The van der Waals surface area contributed by atoms with E-state index in [9.17, 15) is 13.2 Å². The quantitative estimate of drug-likeness (QED) is 0.615. The monoisotopic (exact) mass is 277 g/mol. The molecule has 5 nitrogen and oxygen atoms in total. The van der Waals surface area contributed by atoms with Gasteiger partial charge in [0.05, 0.1) is 0 Å². The van der Waals surface area contributed by atoms with Crippen molar-refractivity contribution >= 4 is 11.6 Å². The molecule has 0 aromatic carbocycles. The lowest BCUT2D eigenvalue weighted by Gasteiger charge is -2.25. The third-order valence-electron chi connectivity index (χ3n) is 2.41. The molecule has 0 aliphatic carbocycles. The molecule has 0 fully saturated rings. The van der Waals surface area contributed by atoms with Gasteiger partial charge >= 0.3 is 6.18 Å². The molecule has 8 heteroatoms. The third-order valence-corrected chi connectivity index (χ3v) is 2.41. The van der Waals surface area contributed by atoms with Gasteiger partial charge in [0, 0.05) is 19.0 Å². The van der Waals surface area contributed by atoms with Crippen molar-refractivity contribution in [1.29, 1.82) is 0 Å². The van der Waals surface area contributed by atoms with Crippen molar-refractivity contribution in [2.45, 2.75) is 32.9 Å². The lowest BCUT2D eigenvalue weighted by atomic mass is 10.3. The first-order valence-corrected chi connectivity index (χ1v) is 6.05. The molecule has 0 unspecified atom stereocenters. The molecule has 0 bridgehead atoms. The lowest BCUT2D eigenvalue weighted by Crippen LogP contribution is -2.35. The maximum Gasteiger partial charge on any atom is 0.405 e. The normalized spacial score (nSPS) is 11.5. The van der Waals surface area contributed by atoms with Crippen LogP contribution in [0.15, 0.2) is 6.07 Å². The molecule has 0 radical (unpaired) electrons. The summed E-state index contributed by atoms with van der Waals surface area (Å²) in [4.78, 5) is 9.36. The Hall–Kier alpha value is -1.57. The van der Waals surface area contributed by atoms with Gasteiger partial charge in [-0.15, -0.1) is 0 Å². The van der Waals surface area contributed by atoms with Crippen LogP contribution in [0.25, 0.3) is 0 Å². The second kappa shape index (κ2) is 6.55. The van der Waals surface area contributed by atoms with Gasteiger partial charge in [-0.05, 0) is 6.42 Å². The van der Waals surface area contributed by atoms with Crippen molar-refractivity contribution in [3.8, 4) is 0 Å². The van der Waals surface area contributed by atoms with Gasteiger partial charge in [0.25, 0.3) is 0 Å². The summed E-state index contributed by atoms with van der Waals surface area (Å²) in [6.45, 7) is 2.87. The highest BCUT2D eigenvalue weighted by molar-refractivity contribution is 5.49. The molecule has 108 valence electrons. The van der Waals surface area contributed by atoms with Gasteiger partial charge in [0.2, 0.25) is 0 Å². The first-order chi connectivity index (χ1) is 8.89. The topological polar surface area (TPSA) is 67.1 Å². The van der Waals surface area contributed by atoms with Gasteiger partial charge in [-0.3, -0.25) is 0 Å². The number of alkyl halides is 3. The molecule has 0 saturated carbocycles. The number of aromatic nitrogens is 2. The molecule has 0 atom stereocenters. The Morgan fingerprint density at radius 3 is 2.47 bits per heavy atom. The van der Waals surface area contributed by atoms with Crippen LogP contribution in [0.2, 0.25) is 0 Å². The molecule has 1 rings (SSSR count). The summed E-state index contributed by atoms with van der Waals surface area (Å²) in [6.07, 6.45) is -3.16. The van der Waals surface area contributed by atoms with Crippen LogP contribution in [-0.4, -0.2) is 29.2 Å². The summed E-state index contributed by atoms with van der Waals surface area (Å²) in [5, 5.41) is 0. The van der Waals surface area contributed by atoms with E-state index in [1.807, 2.05) is 13.8 Å². The number of hydrogen-bond acceptors (Lipinski definition) is 5. The summed E-state index contributed by atoms with van der Waals surface area (Å²) < 4.78 is 37.7. The number of hydrogen-bond donors (Lipinski definition) is 2. The van der Waals surface area contributed by atoms with E-state index in [2.05, 4.69) is 15.4 Å². The number of nitrogen functional groups attached to an aromatic ring is 1. The first-order valence-electron chi connectivity index (χ1n) is 6.05. The molecule has 0 amide bonds. The fourth-order valence-electron chi connectivity index (χ4n) is 1.64. The maximum atomic E-state index is 12.6. The molecule has 1 aromatic heterocycles. The summed E-state index contributed by atoms with van der Waals surface area (Å²) in [7, 11) is 0. The molecule has 19 heavy (non-hydrogen) atoms. The van der Waals surface area contributed by atoms with E-state index < -0.39 is 12.7 Å². The van der Waals surface area contributed by atoms with E-state index in [0.29, 0.717) is 24.5 Å². The van der Waals surface area contributed by atoms with Crippen LogP contribution in [-0.2, 0) is 6.42 Å². The van der Waals surface area contributed by atoms with Crippen LogP contribution in [0.5, 0.6) is 0 Å². The van der Waals surface area contributed by atoms with Crippen molar-refractivity contribution in [1.82, 2.24) is 9.97 Å². The van der Waals surface area contributed by atoms with E-state index >= 15 is 0 Å². The van der Waals surface area contributed by atoms with Crippen LogP contribution in [0, 0.1) is 0 Å². The molecule has 1 aromatic rings. The summed E-state index contributed by atoms with van der Waals surface area (Å²) >= 11 is 0. The van der Waals surface area contributed by atoms with Gasteiger partial charge in [-0.25, -0.2) is 15.8 Å². The van der Waals surface area contributed by atoms with E-state index in [1.165, 1.54) is 11.0 Å². The average Bonchev–Trinajstić information content (AvgIpc) is 2.36. The third kappa shape index (κ3) is 4.90. The molecular weight excluding hydrogens is 259 g/mol. The predicted octanol–water partition coefficient (Wildman–Crippen LogP) is 2.10. The lowest BCUT2D eigenvalue weighted by molar-refractivity contribution is -0.119. The fourth-order valence-corrected chi connectivity index (χ4v) is 1.64. The highest BCUT2D eigenvalue weighted by atomic mass is 19.4. The van der Waals surface area contributed by atoms with Gasteiger partial charge in [-0.1, -0.05) is 13.8 Å². The van der Waals surface area contributed by atoms with E-state index in [-0.39, 0.29) is 12.4 Å². The second-order valence-corrected chi connectivity index (χ2v) is 4.06. The largest absolute Gasteiger partial charge is 0.405 e. The highest BCUT2D eigenvalue weighted by Crippen LogP contribution is 2.22. The summed E-state index contributed by atoms with van der Waals surface area (Å²) in [5.41, 5.74) is 2.34. The van der Waals surface area contributed by atoms with E-state index in [1.54, 1.807) is 0 Å². The van der Waals surface area contributed by atoms with Crippen LogP contribution in [0.1, 0.15) is 26.1 Å². The maximum absolute atomic E-state index is 12.6. The van der Waals surface area contributed by atoms with E-state index in [4.69, 9.17) is 5.84 Å². The number of halogens is 3. The van der Waals surface area contributed by atoms with Crippen LogP contribution in [0.4, 0.5) is 24.8 Å². The highest BCUT2D eigenvalue weighted by Gasteiger charge is 2.31.